The minimum absolute atomic E-state index is 0.0766. The summed E-state index contributed by atoms with van der Waals surface area (Å²) in [5.41, 5.74) is 2.87. The first-order valence-corrected chi connectivity index (χ1v) is 7.22. The minimum Gasteiger partial charge on any atom is -0.352 e. The zero-order valence-electron chi connectivity index (χ0n) is 11.7. The molecule has 0 saturated carbocycles. The summed E-state index contributed by atoms with van der Waals surface area (Å²) in [6, 6.07) is 9.40. The lowest BCUT2D eigenvalue weighted by molar-refractivity contribution is 0.0953. The molecule has 0 aromatic heterocycles. The maximum atomic E-state index is 12.1. The summed E-state index contributed by atoms with van der Waals surface area (Å²) < 4.78 is 0. The molecular weight excluding hydrogens is 248 g/mol. The highest BCUT2D eigenvalue weighted by atomic mass is 16.1. The lowest BCUT2D eigenvalue weighted by atomic mass is 9.97. The maximum absolute atomic E-state index is 12.1. The maximum Gasteiger partial charge on any atom is 0.251 e. The second kappa shape index (κ2) is 7.49. The first kappa shape index (κ1) is 14.3. The van der Waals surface area contributed by atoms with E-state index in [2.05, 4.69) is 17.5 Å². The third kappa shape index (κ3) is 3.96. The Labute approximate surface area is 120 Å². The van der Waals surface area contributed by atoms with Crippen molar-refractivity contribution < 1.29 is 4.79 Å². The van der Waals surface area contributed by atoms with Crippen molar-refractivity contribution in [3.63, 3.8) is 0 Å². The Hall–Kier alpha value is -2.08. The fraction of sp³-hybridized carbons (Fsp3) is 0.412. The van der Waals surface area contributed by atoms with Crippen LogP contribution in [0.2, 0.25) is 0 Å². The average molecular weight is 268 g/mol. The Bertz CT molecular complexity index is 540. The van der Waals surface area contributed by atoms with Crippen molar-refractivity contribution in [1.82, 2.24) is 5.32 Å². The lowest BCUT2D eigenvalue weighted by Crippen LogP contribution is -2.25. The van der Waals surface area contributed by atoms with Gasteiger partial charge in [0.05, 0.1) is 12.5 Å². The van der Waals surface area contributed by atoms with Gasteiger partial charge in [-0.05, 0) is 43.7 Å². The number of hydrogen-bond acceptors (Lipinski definition) is 2. The van der Waals surface area contributed by atoms with E-state index in [1.807, 2.05) is 18.2 Å². The van der Waals surface area contributed by atoms with Crippen molar-refractivity contribution in [2.75, 3.05) is 6.54 Å². The van der Waals surface area contributed by atoms with Crippen LogP contribution in [-0.4, -0.2) is 12.5 Å². The van der Waals surface area contributed by atoms with Gasteiger partial charge in [0.1, 0.15) is 0 Å². The average Bonchev–Trinajstić information content (AvgIpc) is 2.49. The molecule has 0 saturated heterocycles. The number of carbonyl (C=O) groups excluding carboxylic acids is 1. The third-order valence-corrected chi connectivity index (χ3v) is 3.65. The fourth-order valence-corrected chi connectivity index (χ4v) is 2.54. The number of nitrogens with zero attached hydrogens (tertiary/aromatic N) is 1. The van der Waals surface area contributed by atoms with Crippen molar-refractivity contribution in [2.24, 2.45) is 0 Å². The van der Waals surface area contributed by atoms with Gasteiger partial charge in [0.2, 0.25) is 0 Å². The van der Waals surface area contributed by atoms with Crippen LogP contribution < -0.4 is 5.32 Å². The molecule has 0 bridgehead atoms. The third-order valence-electron chi connectivity index (χ3n) is 3.65. The summed E-state index contributed by atoms with van der Waals surface area (Å²) in [6.45, 7) is 0.672. The fourth-order valence-electron chi connectivity index (χ4n) is 2.54. The Balaban J connectivity index is 1.88. The van der Waals surface area contributed by atoms with E-state index in [0.29, 0.717) is 12.1 Å². The molecule has 3 nitrogen and oxygen atoms in total. The van der Waals surface area contributed by atoms with Gasteiger partial charge in [-0.2, -0.15) is 5.26 Å². The molecule has 0 atom stereocenters. The molecule has 0 radical (unpaired) electrons. The van der Waals surface area contributed by atoms with Crippen LogP contribution in [0.25, 0.3) is 0 Å². The molecule has 0 spiro atoms. The van der Waals surface area contributed by atoms with E-state index in [0.717, 1.165) is 12.0 Å². The molecule has 1 N–H and O–H groups in total. The molecule has 3 heteroatoms. The van der Waals surface area contributed by atoms with Crippen LogP contribution in [0.4, 0.5) is 0 Å². The van der Waals surface area contributed by atoms with Crippen LogP contribution in [0.5, 0.6) is 0 Å². The second-order valence-electron chi connectivity index (χ2n) is 5.11. The summed E-state index contributed by atoms with van der Waals surface area (Å²) in [5.74, 6) is -0.0766. The van der Waals surface area contributed by atoms with Crippen molar-refractivity contribution in [1.29, 1.82) is 5.26 Å². The van der Waals surface area contributed by atoms with E-state index in [-0.39, 0.29) is 12.3 Å². The number of amides is 1. The smallest absolute Gasteiger partial charge is 0.251 e. The van der Waals surface area contributed by atoms with Crippen molar-refractivity contribution in [3.8, 4) is 6.07 Å². The van der Waals surface area contributed by atoms with Gasteiger partial charge in [0.15, 0.2) is 0 Å². The van der Waals surface area contributed by atoms with E-state index in [1.165, 1.54) is 31.3 Å². The minimum atomic E-state index is -0.0766. The second-order valence-corrected chi connectivity index (χ2v) is 5.11. The molecule has 1 aromatic rings. The largest absolute Gasteiger partial charge is 0.352 e. The summed E-state index contributed by atoms with van der Waals surface area (Å²) >= 11 is 0. The summed E-state index contributed by atoms with van der Waals surface area (Å²) in [6.07, 6.45) is 8.41. The van der Waals surface area contributed by atoms with Crippen molar-refractivity contribution >= 4 is 5.91 Å². The Morgan fingerprint density at radius 2 is 2.15 bits per heavy atom. The van der Waals surface area contributed by atoms with E-state index in [9.17, 15) is 4.79 Å². The molecular formula is C17H20N2O. The first-order chi connectivity index (χ1) is 9.81. The lowest BCUT2D eigenvalue weighted by Gasteiger charge is -2.13. The molecule has 0 fully saturated rings. The van der Waals surface area contributed by atoms with Gasteiger partial charge in [-0.3, -0.25) is 4.79 Å². The monoisotopic (exact) mass is 268 g/mol. The molecule has 2 rings (SSSR count). The number of benzene rings is 1. The quantitative estimate of drug-likeness (QED) is 0.832. The first-order valence-electron chi connectivity index (χ1n) is 7.22. The highest BCUT2D eigenvalue weighted by Crippen LogP contribution is 2.19. The summed E-state index contributed by atoms with van der Waals surface area (Å²) in [7, 11) is 0. The van der Waals surface area contributed by atoms with Crippen LogP contribution in [0.3, 0.4) is 0 Å². The standard InChI is InChI=1S/C17H20N2O/c18-12-10-15-8-4-5-9-16(15)17(20)19-13-11-14-6-2-1-3-7-14/h4-6,8-9H,1-3,7,10-11,13H2,(H,19,20). The predicted molar refractivity (Wildman–Crippen MR) is 79.3 cm³/mol. The number of rotatable bonds is 5. The van der Waals surface area contributed by atoms with Crippen LogP contribution in [-0.2, 0) is 6.42 Å². The van der Waals surface area contributed by atoms with Gasteiger partial charge < -0.3 is 5.32 Å². The predicted octanol–water partition coefficient (Wildman–Crippen LogP) is 3.37. The SMILES string of the molecule is N#CCc1ccccc1C(=O)NCCC1=CCCCC1. The molecule has 1 aliphatic rings. The van der Waals surface area contributed by atoms with Crippen molar-refractivity contribution in [3.05, 3.63) is 47.0 Å². The molecule has 0 heterocycles. The van der Waals surface area contributed by atoms with Gasteiger partial charge in [-0.25, -0.2) is 0 Å². The highest BCUT2D eigenvalue weighted by molar-refractivity contribution is 5.95. The summed E-state index contributed by atoms with van der Waals surface area (Å²) in [5, 5.41) is 11.7. The Morgan fingerprint density at radius 1 is 1.30 bits per heavy atom. The van der Waals surface area contributed by atoms with Crippen molar-refractivity contribution in [2.45, 2.75) is 38.5 Å². The number of nitriles is 1. The zero-order chi connectivity index (χ0) is 14.2. The normalized spacial score (nSPS) is 14.2. The van der Waals surface area contributed by atoms with E-state index < -0.39 is 0 Å². The summed E-state index contributed by atoms with van der Waals surface area (Å²) in [4.78, 5) is 12.1. The molecule has 1 aliphatic carbocycles. The number of nitrogens with one attached hydrogen (secondary N) is 1. The molecule has 0 aliphatic heterocycles. The van der Waals surface area contributed by atoms with E-state index in [4.69, 9.17) is 5.26 Å². The van der Waals surface area contributed by atoms with Crippen LogP contribution >= 0.6 is 0 Å². The van der Waals surface area contributed by atoms with E-state index in [1.54, 1.807) is 6.07 Å². The van der Waals surface area contributed by atoms with Gasteiger partial charge in [0.25, 0.3) is 5.91 Å². The zero-order valence-corrected chi connectivity index (χ0v) is 11.7. The van der Waals surface area contributed by atoms with Gasteiger partial charge in [-0.15, -0.1) is 0 Å². The van der Waals surface area contributed by atoms with E-state index >= 15 is 0 Å². The van der Waals surface area contributed by atoms with Gasteiger partial charge in [-0.1, -0.05) is 29.8 Å². The number of allylic oxidation sites excluding steroid dienone is 1. The van der Waals surface area contributed by atoms with Gasteiger partial charge >= 0.3 is 0 Å². The molecule has 1 amide bonds. The number of hydrogen-bond donors (Lipinski definition) is 1. The van der Waals surface area contributed by atoms with Crippen LogP contribution in [0, 0.1) is 11.3 Å². The topological polar surface area (TPSA) is 52.9 Å². The highest BCUT2D eigenvalue weighted by Gasteiger charge is 2.10. The Kier molecular flexibility index (Phi) is 5.37. The Morgan fingerprint density at radius 3 is 2.90 bits per heavy atom. The molecule has 104 valence electrons. The van der Waals surface area contributed by atoms with Crippen LogP contribution in [0.1, 0.15) is 48.0 Å². The molecule has 20 heavy (non-hydrogen) atoms. The van der Waals surface area contributed by atoms with Gasteiger partial charge in [0, 0.05) is 12.1 Å². The molecule has 1 aromatic carbocycles. The molecule has 0 unspecified atom stereocenters. The number of carbonyl (C=O) groups is 1. The van der Waals surface area contributed by atoms with Crippen LogP contribution in [0.15, 0.2) is 35.9 Å².